The predicted molar refractivity (Wildman–Crippen MR) is 91.5 cm³/mol. The van der Waals surface area contributed by atoms with Crippen molar-refractivity contribution in [1.29, 1.82) is 0 Å². The van der Waals surface area contributed by atoms with Gasteiger partial charge in [0.2, 0.25) is 11.8 Å². The molecule has 0 N–H and O–H groups in total. The number of halogens is 4. The monoisotopic (exact) mass is 403 g/mol. The van der Waals surface area contributed by atoms with Crippen LogP contribution in [-0.4, -0.2) is 48.0 Å². The summed E-state index contributed by atoms with van der Waals surface area (Å²) in [6.45, 7) is -1.19. The standard InChI is InChI=1S/C18H21F4N3O3/c1-11-2-5-25(6-3-11)7-4-15-23-24-16(28-15)12-8-13(26-17(19)20)10-14(9-12)27-18(21)22/h8-11,17-18H,2-7H2,1H3. The molecule has 0 atom stereocenters. The average Bonchev–Trinajstić information content (AvgIpc) is 3.09. The minimum absolute atomic E-state index is 0.0149. The predicted octanol–water partition coefficient (Wildman–Crippen LogP) is 4.21. The highest BCUT2D eigenvalue weighted by atomic mass is 19.3. The number of benzene rings is 1. The molecule has 0 unspecified atom stereocenters. The van der Waals surface area contributed by atoms with Crippen LogP contribution in [0.4, 0.5) is 17.6 Å². The maximum atomic E-state index is 12.5. The van der Waals surface area contributed by atoms with Gasteiger partial charge in [0, 0.05) is 24.6 Å². The molecule has 1 saturated heterocycles. The summed E-state index contributed by atoms with van der Waals surface area (Å²) in [4.78, 5) is 2.32. The van der Waals surface area contributed by atoms with Crippen LogP contribution in [-0.2, 0) is 6.42 Å². The Morgan fingerprint density at radius 1 is 1.04 bits per heavy atom. The third-order valence-electron chi connectivity index (χ3n) is 4.56. The van der Waals surface area contributed by atoms with Crippen LogP contribution in [0.15, 0.2) is 22.6 Å². The smallest absolute Gasteiger partial charge is 0.387 e. The number of aromatic nitrogens is 2. The molecule has 0 radical (unpaired) electrons. The molecule has 10 heteroatoms. The van der Waals surface area contributed by atoms with Crippen LogP contribution in [0.3, 0.4) is 0 Å². The van der Waals surface area contributed by atoms with E-state index in [0.717, 1.165) is 44.5 Å². The second kappa shape index (κ2) is 9.22. The van der Waals surface area contributed by atoms with Crippen molar-refractivity contribution in [2.24, 2.45) is 5.92 Å². The molecule has 1 fully saturated rings. The minimum Gasteiger partial charge on any atom is -0.435 e. The highest BCUT2D eigenvalue weighted by molar-refractivity contribution is 5.59. The number of likely N-dealkylation sites (tertiary alicyclic amines) is 1. The first-order chi connectivity index (χ1) is 13.4. The molecule has 0 saturated carbocycles. The zero-order chi connectivity index (χ0) is 20.1. The number of hydrogen-bond donors (Lipinski definition) is 0. The van der Waals surface area contributed by atoms with E-state index >= 15 is 0 Å². The first-order valence-corrected chi connectivity index (χ1v) is 8.99. The fraction of sp³-hybridized carbons (Fsp3) is 0.556. The molecule has 0 amide bonds. The van der Waals surface area contributed by atoms with Gasteiger partial charge in [-0.1, -0.05) is 6.92 Å². The maximum Gasteiger partial charge on any atom is 0.387 e. The van der Waals surface area contributed by atoms with E-state index in [2.05, 4.69) is 31.5 Å². The van der Waals surface area contributed by atoms with Gasteiger partial charge >= 0.3 is 13.2 Å². The quantitative estimate of drug-likeness (QED) is 0.616. The zero-order valence-corrected chi connectivity index (χ0v) is 15.3. The Hall–Kier alpha value is -2.36. The summed E-state index contributed by atoms with van der Waals surface area (Å²) in [5.41, 5.74) is 0.152. The van der Waals surface area contributed by atoms with Crippen molar-refractivity contribution in [2.45, 2.75) is 39.4 Å². The minimum atomic E-state index is -3.11. The van der Waals surface area contributed by atoms with Crippen LogP contribution in [0.2, 0.25) is 0 Å². The molecule has 154 valence electrons. The molecular formula is C18H21F4N3O3. The van der Waals surface area contributed by atoms with E-state index in [4.69, 9.17) is 4.42 Å². The third-order valence-corrected chi connectivity index (χ3v) is 4.56. The number of hydrogen-bond acceptors (Lipinski definition) is 6. The van der Waals surface area contributed by atoms with Gasteiger partial charge in [0.1, 0.15) is 11.5 Å². The summed E-state index contributed by atoms with van der Waals surface area (Å²) >= 11 is 0. The lowest BCUT2D eigenvalue weighted by atomic mass is 9.99. The number of rotatable bonds is 8. The third kappa shape index (κ3) is 5.82. The van der Waals surface area contributed by atoms with Crippen molar-refractivity contribution in [3.8, 4) is 23.0 Å². The Balaban J connectivity index is 1.70. The number of nitrogens with zero attached hydrogens (tertiary/aromatic N) is 3. The van der Waals surface area contributed by atoms with Crippen molar-refractivity contribution < 1.29 is 31.5 Å². The Labute approximate surface area is 159 Å². The van der Waals surface area contributed by atoms with Gasteiger partial charge in [-0.2, -0.15) is 17.6 Å². The molecule has 2 aromatic rings. The Morgan fingerprint density at radius 2 is 1.64 bits per heavy atom. The molecule has 1 aromatic carbocycles. The van der Waals surface area contributed by atoms with E-state index in [1.54, 1.807) is 0 Å². The summed E-state index contributed by atoms with van der Waals surface area (Å²) in [5, 5.41) is 7.83. The normalized spacial score (nSPS) is 16.1. The zero-order valence-electron chi connectivity index (χ0n) is 15.3. The van der Waals surface area contributed by atoms with Crippen LogP contribution in [0.5, 0.6) is 11.5 Å². The molecule has 28 heavy (non-hydrogen) atoms. The van der Waals surface area contributed by atoms with Gasteiger partial charge in [-0.25, -0.2) is 0 Å². The van der Waals surface area contributed by atoms with E-state index in [-0.39, 0.29) is 23.0 Å². The second-order valence-corrected chi connectivity index (χ2v) is 6.73. The Morgan fingerprint density at radius 3 is 2.21 bits per heavy atom. The van der Waals surface area contributed by atoms with Gasteiger partial charge < -0.3 is 18.8 Å². The summed E-state index contributed by atoms with van der Waals surface area (Å²) in [6.07, 6.45) is 2.84. The lowest BCUT2D eigenvalue weighted by molar-refractivity contribution is -0.0542. The molecule has 1 aliphatic rings. The molecule has 6 nitrogen and oxygen atoms in total. The summed E-state index contributed by atoms with van der Waals surface area (Å²) < 4.78 is 64.1. The maximum absolute atomic E-state index is 12.5. The highest BCUT2D eigenvalue weighted by Gasteiger charge is 2.18. The van der Waals surface area contributed by atoms with Crippen LogP contribution in [0.1, 0.15) is 25.7 Å². The highest BCUT2D eigenvalue weighted by Crippen LogP contribution is 2.31. The topological polar surface area (TPSA) is 60.6 Å². The molecular weight excluding hydrogens is 382 g/mol. The van der Waals surface area contributed by atoms with Gasteiger partial charge in [-0.15, -0.1) is 10.2 Å². The first-order valence-electron chi connectivity index (χ1n) is 8.99. The fourth-order valence-electron chi connectivity index (χ4n) is 3.05. The number of ether oxygens (including phenoxy) is 2. The Kier molecular flexibility index (Phi) is 6.71. The molecule has 0 aliphatic carbocycles. The SMILES string of the molecule is CC1CCN(CCc2nnc(-c3cc(OC(F)F)cc(OC(F)F)c3)o2)CC1. The van der Waals surface area contributed by atoms with E-state index in [1.807, 2.05) is 0 Å². The molecule has 3 rings (SSSR count). The van der Waals surface area contributed by atoms with E-state index in [9.17, 15) is 17.6 Å². The molecule has 1 aliphatic heterocycles. The second-order valence-electron chi connectivity index (χ2n) is 6.73. The van der Waals surface area contributed by atoms with Crippen LogP contribution in [0.25, 0.3) is 11.5 Å². The lowest BCUT2D eigenvalue weighted by Crippen LogP contribution is -2.34. The lowest BCUT2D eigenvalue weighted by Gasteiger charge is -2.29. The van der Waals surface area contributed by atoms with Gasteiger partial charge in [-0.05, 0) is 44.0 Å². The van der Waals surface area contributed by atoms with Crippen molar-refractivity contribution in [3.05, 3.63) is 24.1 Å². The number of alkyl halides is 4. The molecule has 2 heterocycles. The van der Waals surface area contributed by atoms with Crippen molar-refractivity contribution in [2.75, 3.05) is 19.6 Å². The van der Waals surface area contributed by atoms with Crippen molar-refractivity contribution >= 4 is 0 Å². The van der Waals surface area contributed by atoms with Gasteiger partial charge in [-0.3, -0.25) is 0 Å². The first kappa shape index (κ1) is 20.4. The average molecular weight is 403 g/mol. The summed E-state index contributed by atoms with van der Waals surface area (Å²) in [6, 6.07) is 3.35. The fourth-order valence-corrected chi connectivity index (χ4v) is 3.05. The summed E-state index contributed by atoms with van der Waals surface area (Å²) in [5.74, 6) is 0.445. The van der Waals surface area contributed by atoms with E-state index in [1.165, 1.54) is 12.1 Å². The van der Waals surface area contributed by atoms with Crippen molar-refractivity contribution in [3.63, 3.8) is 0 Å². The largest absolute Gasteiger partial charge is 0.435 e. The van der Waals surface area contributed by atoms with Crippen LogP contribution in [0, 0.1) is 5.92 Å². The van der Waals surface area contributed by atoms with E-state index in [0.29, 0.717) is 12.3 Å². The van der Waals surface area contributed by atoms with Gasteiger partial charge in [0.25, 0.3) is 0 Å². The van der Waals surface area contributed by atoms with Gasteiger partial charge in [0.15, 0.2) is 0 Å². The van der Waals surface area contributed by atoms with E-state index < -0.39 is 13.2 Å². The van der Waals surface area contributed by atoms with Gasteiger partial charge in [0.05, 0.1) is 0 Å². The molecule has 0 spiro atoms. The summed E-state index contributed by atoms with van der Waals surface area (Å²) in [7, 11) is 0. The molecule has 0 bridgehead atoms. The number of piperidine rings is 1. The van der Waals surface area contributed by atoms with Crippen molar-refractivity contribution in [1.82, 2.24) is 15.1 Å². The molecule has 1 aromatic heterocycles. The van der Waals surface area contributed by atoms with Crippen LogP contribution >= 0.6 is 0 Å². The van der Waals surface area contributed by atoms with Crippen LogP contribution < -0.4 is 9.47 Å². The Bertz CT molecular complexity index is 736.